The smallest absolute Gasteiger partial charge is 0.141 e. The molecule has 2 aromatic carbocycles. The molecule has 0 atom stereocenters. The summed E-state index contributed by atoms with van der Waals surface area (Å²) in [6.07, 6.45) is 1.50. The molecular weight excluding hydrogens is 367 g/mol. The Hall–Kier alpha value is -2.50. The minimum absolute atomic E-state index is 0.583. The lowest BCUT2D eigenvalue weighted by atomic mass is 10.2. The van der Waals surface area contributed by atoms with Crippen molar-refractivity contribution in [3.8, 4) is 5.75 Å². The van der Waals surface area contributed by atoms with Gasteiger partial charge in [0, 0.05) is 17.1 Å². The van der Waals surface area contributed by atoms with Crippen molar-refractivity contribution >= 4 is 56.4 Å². The maximum atomic E-state index is 12.7. The molecule has 2 heterocycles. The summed E-state index contributed by atoms with van der Waals surface area (Å²) in [7, 11) is -0.947. The number of rotatable bonds is 4. The predicted octanol–water partition coefficient (Wildman–Crippen LogP) is 4.24. The number of aromatic nitrogens is 3. The van der Waals surface area contributed by atoms with Crippen molar-refractivity contribution in [2.24, 2.45) is 0 Å². The quantitative estimate of drug-likeness (QED) is 0.531. The third kappa shape index (κ3) is 3.04. The number of nitrogens with zero attached hydrogens (tertiary/aromatic N) is 3. The Morgan fingerprint density at radius 3 is 2.69 bits per heavy atom. The molecule has 0 aliphatic heterocycles. The summed E-state index contributed by atoms with van der Waals surface area (Å²) in [6.45, 7) is 3.45. The van der Waals surface area contributed by atoms with E-state index >= 15 is 0 Å². The Balaban J connectivity index is 1.85. The van der Waals surface area contributed by atoms with Gasteiger partial charge in [0.05, 0.1) is 33.7 Å². The Kier molecular flexibility index (Phi) is 4.13. The summed E-state index contributed by atoms with van der Waals surface area (Å²) in [6, 6.07) is 9.66. The van der Waals surface area contributed by atoms with E-state index in [0.717, 1.165) is 26.8 Å². The molecule has 6 nitrogen and oxygen atoms in total. The fraction of sp³-hybridized carbons (Fsp3) is 0.167. The predicted molar refractivity (Wildman–Crippen MR) is 108 cm³/mol. The molecule has 0 aliphatic rings. The van der Waals surface area contributed by atoms with E-state index in [1.165, 1.54) is 6.33 Å². The van der Waals surface area contributed by atoms with Crippen LogP contribution in [-0.4, -0.2) is 35.4 Å². The van der Waals surface area contributed by atoms with Gasteiger partial charge in [0.15, 0.2) is 0 Å². The van der Waals surface area contributed by atoms with Crippen LogP contribution in [0.4, 0.5) is 11.5 Å². The van der Waals surface area contributed by atoms with Crippen molar-refractivity contribution in [1.29, 1.82) is 0 Å². The van der Waals surface area contributed by atoms with Gasteiger partial charge in [-0.15, -0.1) is 11.3 Å². The summed E-state index contributed by atoms with van der Waals surface area (Å²) >= 11 is 1.60. The average Bonchev–Trinajstić information content (AvgIpc) is 3.08. The summed E-state index contributed by atoms with van der Waals surface area (Å²) in [5.41, 5.74) is 4.38. The van der Waals surface area contributed by atoms with Crippen molar-refractivity contribution < 1.29 is 9.30 Å². The Morgan fingerprint density at radius 1 is 1.08 bits per heavy atom. The fourth-order valence-electron chi connectivity index (χ4n) is 2.83. The second-order valence-electron chi connectivity index (χ2n) is 6.27. The number of thiazole rings is 1. The third-order valence-corrected chi connectivity index (χ3v) is 6.43. The van der Waals surface area contributed by atoms with Gasteiger partial charge in [-0.3, -0.25) is 0 Å². The van der Waals surface area contributed by atoms with Gasteiger partial charge in [-0.05, 0) is 37.6 Å². The molecule has 8 heteroatoms. The van der Waals surface area contributed by atoms with E-state index in [-0.39, 0.29) is 0 Å². The normalized spacial score (nSPS) is 11.8. The van der Waals surface area contributed by atoms with E-state index in [1.807, 2.05) is 29.8 Å². The number of anilines is 2. The van der Waals surface area contributed by atoms with Gasteiger partial charge in [-0.2, -0.15) is 0 Å². The topological polar surface area (TPSA) is 77.0 Å². The average molecular weight is 384 g/mol. The molecule has 0 unspecified atom stereocenters. The first-order chi connectivity index (χ1) is 12.5. The number of methoxy groups -OCH3 is 1. The molecule has 132 valence electrons. The fourth-order valence-corrected chi connectivity index (χ4v) is 4.61. The summed E-state index contributed by atoms with van der Waals surface area (Å²) < 4.78 is 19.2. The molecule has 0 bridgehead atoms. The van der Waals surface area contributed by atoms with Crippen LogP contribution in [0.15, 0.2) is 42.2 Å². The maximum Gasteiger partial charge on any atom is 0.141 e. The first-order valence-electron chi connectivity index (χ1n) is 7.94. The highest BCUT2D eigenvalue weighted by atomic mass is 32.1. The van der Waals surface area contributed by atoms with E-state index in [2.05, 4.69) is 20.3 Å². The largest absolute Gasteiger partial charge is 0.496 e. The van der Waals surface area contributed by atoms with Gasteiger partial charge in [0.1, 0.15) is 25.0 Å². The lowest BCUT2D eigenvalue weighted by Crippen LogP contribution is -2.09. The number of nitrogens with one attached hydrogen (secondary N) is 1. The summed E-state index contributed by atoms with van der Waals surface area (Å²) in [5, 5.41) is 4.81. The minimum atomic E-state index is -2.52. The molecule has 0 fully saturated rings. The highest BCUT2D eigenvalue weighted by molar-refractivity contribution is 7.70. The van der Waals surface area contributed by atoms with Gasteiger partial charge in [-0.1, -0.05) is 0 Å². The van der Waals surface area contributed by atoms with Crippen LogP contribution < -0.4 is 15.4 Å². The second kappa shape index (κ2) is 6.34. The van der Waals surface area contributed by atoms with E-state index in [9.17, 15) is 4.57 Å². The highest BCUT2D eigenvalue weighted by Crippen LogP contribution is 2.40. The molecule has 0 saturated heterocycles. The van der Waals surface area contributed by atoms with Crippen molar-refractivity contribution in [2.75, 3.05) is 25.8 Å². The SMILES string of the molecule is COc1cc2ncnc(Nc3ccc4scnc4c3)c2cc1P(C)(C)=O. The van der Waals surface area contributed by atoms with Gasteiger partial charge in [-0.25, -0.2) is 15.0 Å². The van der Waals surface area contributed by atoms with Crippen molar-refractivity contribution in [2.45, 2.75) is 0 Å². The van der Waals surface area contributed by atoms with Gasteiger partial charge >= 0.3 is 0 Å². The van der Waals surface area contributed by atoms with Crippen LogP contribution in [0.3, 0.4) is 0 Å². The molecule has 2 aromatic heterocycles. The monoisotopic (exact) mass is 384 g/mol. The standard InChI is InChI=1S/C18H17N4O2PS/c1-24-15-8-13-12(7-16(15)25(2,3)23)18(20-9-19-13)22-11-4-5-17-14(6-11)21-10-26-17/h4-10H,1-3H3,(H,19,20,22). The lowest BCUT2D eigenvalue weighted by molar-refractivity contribution is 0.418. The first kappa shape index (κ1) is 16.9. The van der Waals surface area contributed by atoms with Crippen molar-refractivity contribution in [3.63, 3.8) is 0 Å². The highest BCUT2D eigenvalue weighted by Gasteiger charge is 2.19. The van der Waals surface area contributed by atoms with Gasteiger partial charge in [0.2, 0.25) is 0 Å². The zero-order valence-corrected chi connectivity index (χ0v) is 16.3. The van der Waals surface area contributed by atoms with Crippen LogP contribution in [0.25, 0.3) is 21.1 Å². The molecule has 4 aromatic rings. The zero-order chi connectivity index (χ0) is 18.3. The lowest BCUT2D eigenvalue weighted by Gasteiger charge is -2.15. The molecule has 0 aliphatic carbocycles. The van der Waals surface area contributed by atoms with E-state index in [0.29, 0.717) is 16.9 Å². The molecule has 0 radical (unpaired) electrons. The van der Waals surface area contributed by atoms with Crippen molar-refractivity contribution in [3.05, 3.63) is 42.2 Å². The minimum Gasteiger partial charge on any atom is -0.496 e. The van der Waals surface area contributed by atoms with Crippen LogP contribution in [0, 0.1) is 0 Å². The second-order valence-corrected chi connectivity index (χ2v) is 10.3. The number of ether oxygens (including phenoxy) is 1. The van der Waals surface area contributed by atoms with Gasteiger partial charge < -0.3 is 14.6 Å². The van der Waals surface area contributed by atoms with Crippen LogP contribution in [-0.2, 0) is 4.57 Å². The molecule has 0 amide bonds. The molecule has 0 spiro atoms. The van der Waals surface area contributed by atoms with Crippen LogP contribution in [0.5, 0.6) is 5.75 Å². The third-order valence-electron chi connectivity index (χ3n) is 4.11. The summed E-state index contributed by atoms with van der Waals surface area (Å²) in [5.74, 6) is 1.24. The number of hydrogen-bond donors (Lipinski definition) is 1. The maximum absolute atomic E-state index is 12.7. The Labute approximate surface area is 154 Å². The summed E-state index contributed by atoms with van der Waals surface area (Å²) in [4.78, 5) is 13.0. The Morgan fingerprint density at radius 2 is 1.92 bits per heavy atom. The number of hydrogen-bond acceptors (Lipinski definition) is 7. The molecule has 4 rings (SSSR count). The van der Waals surface area contributed by atoms with E-state index < -0.39 is 7.14 Å². The van der Waals surface area contributed by atoms with Crippen LogP contribution in [0.1, 0.15) is 0 Å². The van der Waals surface area contributed by atoms with Crippen LogP contribution >= 0.6 is 18.5 Å². The van der Waals surface area contributed by atoms with Crippen LogP contribution in [0.2, 0.25) is 0 Å². The van der Waals surface area contributed by atoms with E-state index in [1.54, 1.807) is 37.8 Å². The number of benzene rings is 2. The van der Waals surface area contributed by atoms with Gasteiger partial charge in [0.25, 0.3) is 0 Å². The molecule has 1 N–H and O–H groups in total. The number of fused-ring (bicyclic) bond motifs is 2. The first-order valence-corrected chi connectivity index (χ1v) is 11.4. The van der Waals surface area contributed by atoms with Crippen molar-refractivity contribution in [1.82, 2.24) is 15.0 Å². The zero-order valence-electron chi connectivity index (χ0n) is 14.6. The van der Waals surface area contributed by atoms with E-state index in [4.69, 9.17) is 4.74 Å². The molecule has 26 heavy (non-hydrogen) atoms. The molecular formula is C18H17N4O2PS. The Bertz CT molecular complexity index is 1170. The molecule has 0 saturated carbocycles.